The van der Waals surface area contributed by atoms with Crippen LogP contribution < -0.4 is 4.90 Å². The molecule has 1 saturated heterocycles. The smallest absolute Gasteiger partial charge is 0.256 e. The predicted octanol–water partition coefficient (Wildman–Crippen LogP) is 2.56. The number of anilines is 1. The zero-order chi connectivity index (χ0) is 19.7. The van der Waals surface area contributed by atoms with Crippen LogP contribution >= 0.6 is 0 Å². The molecule has 0 spiro atoms. The van der Waals surface area contributed by atoms with Crippen LogP contribution in [0.4, 0.5) is 10.1 Å². The molecular weight excluding hydrogens is 357 g/mol. The number of halogens is 1. The minimum absolute atomic E-state index is 0.0961. The Kier molecular flexibility index (Phi) is 5.13. The van der Waals surface area contributed by atoms with E-state index in [1.54, 1.807) is 17.0 Å². The van der Waals surface area contributed by atoms with Crippen molar-refractivity contribution in [2.45, 2.75) is 19.4 Å². The van der Waals surface area contributed by atoms with Gasteiger partial charge in [-0.3, -0.25) is 14.5 Å². The largest absolute Gasteiger partial charge is 0.336 e. The highest BCUT2D eigenvalue weighted by molar-refractivity contribution is 5.99. The average molecular weight is 381 g/mol. The monoisotopic (exact) mass is 381 g/mol. The highest BCUT2D eigenvalue weighted by atomic mass is 19.1. The van der Waals surface area contributed by atoms with Gasteiger partial charge in [-0.1, -0.05) is 30.3 Å². The Labute approximate surface area is 164 Å². The number of amides is 2. The van der Waals surface area contributed by atoms with Crippen molar-refractivity contribution < 1.29 is 14.0 Å². The van der Waals surface area contributed by atoms with Crippen molar-refractivity contribution in [2.24, 2.45) is 0 Å². The van der Waals surface area contributed by atoms with Crippen LogP contribution in [0.1, 0.15) is 22.8 Å². The number of para-hydroxylation sites is 1. The first-order chi connectivity index (χ1) is 13.6. The van der Waals surface area contributed by atoms with Crippen LogP contribution in [0.15, 0.2) is 48.5 Å². The highest BCUT2D eigenvalue weighted by Gasteiger charge is 2.33. The van der Waals surface area contributed by atoms with Gasteiger partial charge in [0.15, 0.2) is 0 Å². The van der Waals surface area contributed by atoms with Gasteiger partial charge in [0, 0.05) is 38.4 Å². The van der Waals surface area contributed by atoms with Gasteiger partial charge in [-0.15, -0.1) is 0 Å². The molecule has 0 aromatic heterocycles. The van der Waals surface area contributed by atoms with Gasteiger partial charge in [-0.05, 0) is 37.1 Å². The molecule has 2 heterocycles. The molecule has 0 aliphatic carbocycles. The minimum atomic E-state index is -0.494. The van der Waals surface area contributed by atoms with E-state index in [0.29, 0.717) is 32.7 Å². The average Bonchev–Trinajstić information content (AvgIpc) is 3.17. The molecule has 0 radical (unpaired) electrons. The SMILES string of the molecule is C[C@@H](C(=O)N1CCc2ccccc21)N1CCN(C(=O)c2ccccc2F)CC1. The number of benzene rings is 2. The lowest BCUT2D eigenvalue weighted by atomic mass is 10.1. The van der Waals surface area contributed by atoms with Gasteiger partial charge in [0.1, 0.15) is 5.82 Å². The van der Waals surface area contributed by atoms with Crippen LogP contribution in [0.5, 0.6) is 0 Å². The van der Waals surface area contributed by atoms with Crippen LogP contribution in [-0.4, -0.2) is 60.4 Å². The first kappa shape index (κ1) is 18.6. The van der Waals surface area contributed by atoms with E-state index in [2.05, 4.69) is 11.0 Å². The highest BCUT2D eigenvalue weighted by Crippen LogP contribution is 2.28. The summed E-state index contributed by atoms with van der Waals surface area (Å²) in [4.78, 5) is 31.3. The fraction of sp³-hybridized carbons (Fsp3) is 0.364. The molecule has 0 saturated carbocycles. The number of hydrogen-bond donors (Lipinski definition) is 0. The summed E-state index contributed by atoms with van der Waals surface area (Å²) in [5.41, 5.74) is 2.32. The van der Waals surface area contributed by atoms with Crippen molar-refractivity contribution in [3.63, 3.8) is 0 Å². The summed E-state index contributed by atoms with van der Waals surface area (Å²) in [7, 11) is 0. The second-order valence-electron chi connectivity index (χ2n) is 7.35. The molecular formula is C22H24FN3O2. The minimum Gasteiger partial charge on any atom is -0.336 e. The lowest BCUT2D eigenvalue weighted by Crippen LogP contribution is -2.55. The molecule has 2 aromatic rings. The van der Waals surface area contributed by atoms with Crippen LogP contribution in [-0.2, 0) is 11.2 Å². The van der Waals surface area contributed by atoms with Gasteiger partial charge >= 0.3 is 0 Å². The van der Waals surface area contributed by atoms with E-state index < -0.39 is 5.82 Å². The molecule has 1 fully saturated rings. The molecule has 0 unspecified atom stereocenters. The Morgan fingerprint density at radius 3 is 2.36 bits per heavy atom. The summed E-state index contributed by atoms with van der Waals surface area (Å²) in [6, 6.07) is 13.8. The summed E-state index contributed by atoms with van der Waals surface area (Å²) in [5, 5.41) is 0. The molecule has 0 N–H and O–H groups in total. The van der Waals surface area contributed by atoms with Crippen LogP contribution in [0.2, 0.25) is 0 Å². The van der Waals surface area contributed by atoms with E-state index >= 15 is 0 Å². The van der Waals surface area contributed by atoms with Gasteiger partial charge in [-0.25, -0.2) is 4.39 Å². The Morgan fingerprint density at radius 2 is 1.61 bits per heavy atom. The molecule has 0 bridgehead atoms. The Morgan fingerprint density at radius 1 is 0.929 bits per heavy atom. The number of carbonyl (C=O) groups is 2. The number of hydrogen-bond acceptors (Lipinski definition) is 3. The van der Waals surface area contributed by atoms with Crippen molar-refractivity contribution in [3.8, 4) is 0 Å². The van der Waals surface area contributed by atoms with Crippen LogP contribution in [0, 0.1) is 5.82 Å². The van der Waals surface area contributed by atoms with E-state index in [0.717, 1.165) is 12.1 Å². The van der Waals surface area contributed by atoms with E-state index in [4.69, 9.17) is 0 Å². The molecule has 4 rings (SSSR count). The lowest BCUT2D eigenvalue weighted by Gasteiger charge is -2.38. The molecule has 2 aromatic carbocycles. The summed E-state index contributed by atoms with van der Waals surface area (Å²) in [5.74, 6) is -0.685. The van der Waals surface area contributed by atoms with Crippen molar-refractivity contribution in [3.05, 3.63) is 65.5 Å². The van der Waals surface area contributed by atoms with Crippen LogP contribution in [0.25, 0.3) is 0 Å². The van der Waals surface area contributed by atoms with Crippen molar-refractivity contribution >= 4 is 17.5 Å². The second-order valence-corrected chi connectivity index (χ2v) is 7.35. The van der Waals surface area contributed by atoms with Gasteiger partial charge in [0.2, 0.25) is 5.91 Å². The van der Waals surface area contributed by atoms with E-state index in [1.165, 1.54) is 17.7 Å². The molecule has 28 heavy (non-hydrogen) atoms. The summed E-state index contributed by atoms with van der Waals surface area (Å²) < 4.78 is 13.9. The Bertz CT molecular complexity index is 893. The first-order valence-electron chi connectivity index (χ1n) is 9.73. The molecule has 2 aliphatic heterocycles. The Balaban J connectivity index is 1.38. The number of fused-ring (bicyclic) bond motifs is 1. The number of rotatable bonds is 3. The zero-order valence-corrected chi connectivity index (χ0v) is 16.0. The van der Waals surface area contributed by atoms with E-state index in [1.807, 2.05) is 30.0 Å². The topological polar surface area (TPSA) is 43.9 Å². The quantitative estimate of drug-likeness (QED) is 0.821. The van der Waals surface area contributed by atoms with Gasteiger partial charge < -0.3 is 9.80 Å². The van der Waals surface area contributed by atoms with Crippen LogP contribution in [0.3, 0.4) is 0 Å². The maximum atomic E-state index is 13.9. The van der Waals surface area contributed by atoms with Gasteiger partial charge in [0.05, 0.1) is 11.6 Å². The van der Waals surface area contributed by atoms with Gasteiger partial charge in [0.25, 0.3) is 5.91 Å². The summed E-state index contributed by atoms with van der Waals surface area (Å²) in [6.07, 6.45) is 0.888. The third kappa shape index (κ3) is 3.40. The van der Waals surface area contributed by atoms with E-state index in [9.17, 15) is 14.0 Å². The van der Waals surface area contributed by atoms with Crippen molar-refractivity contribution in [2.75, 3.05) is 37.6 Å². The third-order valence-electron chi connectivity index (χ3n) is 5.76. The normalized spacial score (nSPS) is 18.1. The number of piperazine rings is 1. The maximum absolute atomic E-state index is 13.9. The molecule has 5 nitrogen and oxygen atoms in total. The fourth-order valence-electron chi connectivity index (χ4n) is 4.07. The number of carbonyl (C=O) groups excluding carboxylic acids is 2. The molecule has 2 aliphatic rings. The third-order valence-corrected chi connectivity index (χ3v) is 5.76. The lowest BCUT2D eigenvalue weighted by molar-refractivity contribution is -0.123. The van der Waals surface area contributed by atoms with E-state index in [-0.39, 0.29) is 23.4 Å². The van der Waals surface area contributed by atoms with Crippen molar-refractivity contribution in [1.82, 2.24) is 9.80 Å². The second kappa shape index (κ2) is 7.72. The first-order valence-corrected chi connectivity index (χ1v) is 9.73. The standard InChI is InChI=1S/C22H24FN3O2/c1-16(21(27)26-11-10-17-6-2-5-9-20(17)26)24-12-14-25(15-13-24)22(28)18-7-3-4-8-19(18)23/h2-9,16H,10-15H2,1H3/t16-/m0/s1. The zero-order valence-electron chi connectivity index (χ0n) is 16.0. The molecule has 6 heteroatoms. The predicted molar refractivity (Wildman–Crippen MR) is 106 cm³/mol. The maximum Gasteiger partial charge on any atom is 0.256 e. The number of nitrogens with zero attached hydrogens (tertiary/aromatic N) is 3. The molecule has 2 amide bonds. The summed E-state index contributed by atoms with van der Waals surface area (Å²) >= 11 is 0. The van der Waals surface area contributed by atoms with Crippen molar-refractivity contribution in [1.29, 1.82) is 0 Å². The Hall–Kier alpha value is -2.73. The molecule has 146 valence electrons. The fourth-order valence-corrected chi connectivity index (χ4v) is 4.07. The van der Waals surface area contributed by atoms with Gasteiger partial charge in [-0.2, -0.15) is 0 Å². The summed E-state index contributed by atoms with van der Waals surface area (Å²) in [6.45, 7) is 4.82. The molecule has 1 atom stereocenters.